The Kier molecular flexibility index (Phi) is 10.5. The van der Waals surface area contributed by atoms with Crippen LogP contribution in [0, 0.1) is 45.3 Å². The Morgan fingerprint density at radius 3 is 1.22 bits per heavy atom. The van der Waals surface area contributed by atoms with Gasteiger partial charge in [-0.05, 0) is 168 Å². The number of epoxide rings is 2. The highest BCUT2D eigenvalue weighted by Gasteiger charge is 2.86. The van der Waals surface area contributed by atoms with Gasteiger partial charge < -0.3 is 59.8 Å². The van der Waals surface area contributed by atoms with Crippen LogP contribution in [0.5, 0.6) is 0 Å². The number of ether oxygens (including phenoxy) is 4. The van der Waals surface area contributed by atoms with Crippen molar-refractivity contribution in [2.75, 3.05) is 0 Å². The van der Waals surface area contributed by atoms with Gasteiger partial charge in [0, 0.05) is 34.8 Å². The highest BCUT2D eigenvalue weighted by molar-refractivity contribution is 5.99. The molecule has 8 N–H and O–H groups in total. The van der Waals surface area contributed by atoms with Crippen LogP contribution in [0.25, 0.3) is 0 Å². The van der Waals surface area contributed by atoms with Gasteiger partial charge in [0.2, 0.25) is 0 Å². The molecule has 0 aromatic carbocycles. The molecule has 0 bridgehead atoms. The maximum Gasteiger partial charge on any atom is 0.334 e. The molecule has 12 aliphatic rings. The summed E-state index contributed by atoms with van der Waals surface area (Å²) in [6.45, 7) is 17.5. The number of rotatable bonds is 4. The van der Waals surface area contributed by atoms with Gasteiger partial charge >= 0.3 is 11.9 Å². The Morgan fingerprint density at radius 2 is 0.889 bits per heavy atom. The summed E-state index contributed by atoms with van der Waals surface area (Å²) in [5.41, 5.74) is -13.3. The van der Waals surface area contributed by atoms with E-state index in [9.17, 15) is 60.0 Å². The Hall–Kier alpha value is -3.16. The molecular formula is C56H76O16. The molecule has 16 nitrogen and oxygen atoms in total. The van der Waals surface area contributed by atoms with Crippen LogP contribution in [-0.4, -0.2) is 146 Å². The number of carbonyl (C=O) groups is 4. The molecule has 22 atom stereocenters. The minimum atomic E-state index is -1.81. The summed E-state index contributed by atoms with van der Waals surface area (Å²) < 4.78 is 23.5. The first-order valence-corrected chi connectivity index (χ1v) is 26.5. The van der Waals surface area contributed by atoms with Crippen molar-refractivity contribution in [2.24, 2.45) is 45.3 Å². The van der Waals surface area contributed by atoms with Crippen molar-refractivity contribution in [3.05, 3.63) is 46.6 Å². The molecule has 12 rings (SSSR count). The summed E-state index contributed by atoms with van der Waals surface area (Å²) in [5, 5.41) is 95.1. The minimum absolute atomic E-state index is 0.0933. The molecule has 4 heterocycles. The van der Waals surface area contributed by atoms with E-state index >= 15 is 0 Å². The molecule has 4 aliphatic heterocycles. The van der Waals surface area contributed by atoms with E-state index in [1.807, 2.05) is 41.5 Å². The van der Waals surface area contributed by atoms with E-state index in [1.54, 1.807) is 13.8 Å². The van der Waals surface area contributed by atoms with Gasteiger partial charge in [-0.25, -0.2) is 9.59 Å². The van der Waals surface area contributed by atoms with E-state index < -0.39 is 103 Å². The number of ketones is 2. The smallest absolute Gasteiger partial charge is 0.334 e. The van der Waals surface area contributed by atoms with Crippen LogP contribution in [0.3, 0.4) is 0 Å². The molecule has 8 fully saturated rings. The Labute approximate surface area is 420 Å². The maximum atomic E-state index is 13.3. The van der Waals surface area contributed by atoms with E-state index in [0.29, 0.717) is 62.5 Å². The summed E-state index contributed by atoms with van der Waals surface area (Å²) in [5.74, 6) is -2.38. The lowest BCUT2D eigenvalue weighted by Gasteiger charge is -2.63. The molecule has 6 saturated carbocycles. The highest BCUT2D eigenvalue weighted by atomic mass is 16.6. The van der Waals surface area contributed by atoms with Gasteiger partial charge in [-0.3, -0.25) is 9.59 Å². The first-order valence-electron chi connectivity index (χ1n) is 26.5. The number of aliphatic hydroxyl groups is 8. The fourth-order valence-electron chi connectivity index (χ4n) is 18.8. The molecular weight excluding hydrogens is 929 g/mol. The Balaban J connectivity index is 0.000000156. The topological polar surface area (TPSA) is 274 Å². The predicted octanol–water partition coefficient (Wildman–Crippen LogP) is 3.45. The van der Waals surface area contributed by atoms with Gasteiger partial charge in [0.25, 0.3) is 0 Å². The molecule has 16 heteroatoms. The molecule has 0 amide bonds. The zero-order valence-electron chi connectivity index (χ0n) is 43.4. The third-order valence-electron chi connectivity index (χ3n) is 24.2. The van der Waals surface area contributed by atoms with Crippen LogP contribution in [0.2, 0.25) is 0 Å². The van der Waals surface area contributed by atoms with E-state index in [1.165, 1.54) is 38.2 Å². The van der Waals surface area contributed by atoms with Crippen LogP contribution in [0.4, 0.5) is 0 Å². The fourth-order valence-corrected chi connectivity index (χ4v) is 18.8. The van der Waals surface area contributed by atoms with Crippen molar-refractivity contribution in [1.29, 1.82) is 0 Å². The molecule has 8 aliphatic carbocycles. The SMILES string of the molecule is CC1=C(C)C(=O)OC([C@](C)(O)[C@]2(O)CC[C@@]3(O)C4C[C@H]5O[C@]56[C@@H](O)C=CC(=O)[C@]6(C)C4CC[C@]23C)C1.CC1=C(C)C(=O)OC([C@](C)(O)[C@]2(O)CC[C@@]3(O)C4C[C@H]5O[C@]56[C@H](O)C=CC(=O)[C@]6(C)C4CC[C@]23C)C1. The van der Waals surface area contributed by atoms with E-state index in [4.69, 9.17) is 18.9 Å². The van der Waals surface area contributed by atoms with Gasteiger partial charge in [0.15, 0.2) is 11.6 Å². The average molecular weight is 1010 g/mol. The van der Waals surface area contributed by atoms with Crippen molar-refractivity contribution in [2.45, 2.75) is 228 Å². The van der Waals surface area contributed by atoms with E-state index in [-0.39, 0.29) is 73.1 Å². The minimum Gasteiger partial charge on any atom is -0.455 e. The number of allylic oxidation sites excluding steroid dienone is 2. The molecule has 2 spiro atoms. The van der Waals surface area contributed by atoms with Crippen molar-refractivity contribution in [1.82, 2.24) is 0 Å². The van der Waals surface area contributed by atoms with Gasteiger partial charge in [0.1, 0.15) is 58.0 Å². The first kappa shape index (κ1) is 51.0. The van der Waals surface area contributed by atoms with Crippen LogP contribution < -0.4 is 0 Å². The predicted molar refractivity (Wildman–Crippen MR) is 255 cm³/mol. The van der Waals surface area contributed by atoms with Crippen LogP contribution in [0.15, 0.2) is 46.6 Å². The quantitative estimate of drug-likeness (QED) is 0.148. The number of carbonyl (C=O) groups excluding carboxylic acids is 4. The molecule has 0 aromatic heterocycles. The largest absolute Gasteiger partial charge is 0.455 e. The van der Waals surface area contributed by atoms with Crippen LogP contribution >= 0.6 is 0 Å². The summed E-state index contributed by atoms with van der Waals surface area (Å²) in [4.78, 5) is 51.6. The highest BCUT2D eigenvalue weighted by Crippen LogP contribution is 2.77. The van der Waals surface area contributed by atoms with Gasteiger partial charge in [-0.15, -0.1) is 0 Å². The number of aliphatic hydroxyl groups excluding tert-OH is 2. The Bertz CT molecular complexity index is 2420. The summed E-state index contributed by atoms with van der Waals surface area (Å²) in [7, 11) is 0. The van der Waals surface area contributed by atoms with E-state index in [0.717, 1.165) is 11.1 Å². The number of hydrogen-bond donors (Lipinski definition) is 8. The van der Waals surface area contributed by atoms with Crippen molar-refractivity contribution < 1.29 is 79.0 Å². The molecule has 72 heavy (non-hydrogen) atoms. The van der Waals surface area contributed by atoms with Gasteiger partial charge in [-0.1, -0.05) is 25.0 Å². The zero-order valence-corrected chi connectivity index (χ0v) is 43.4. The first-order chi connectivity index (χ1) is 33.2. The van der Waals surface area contributed by atoms with E-state index in [2.05, 4.69) is 0 Å². The van der Waals surface area contributed by atoms with Crippen molar-refractivity contribution >= 4 is 23.5 Å². The zero-order chi connectivity index (χ0) is 52.5. The fraction of sp³-hybridized carbons (Fsp3) is 0.786. The monoisotopic (exact) mass is 1000 g/mol. The second-order valence-electron chi connectivity index (χ2n) is 26.1. The second kappa shape index (κ2) is 14.9. The normalized spacial score (nSPS) is 55.2. The average Bonchev–Trinajstić information content (AvgIpc) is 4.22. The molecule has 0 radical (unpaired) electrons. The lowest BCUT2D eigenvalue weighted by Crippen LogP contribution is -2.73. The number of hydrogen-bond acceptors (Lipinski definition) is 16. The number of cyclic esters (lactones) is 2. The summed E-state index contributed by atoms with van der Waals surface area (Å²) in [6.07, 6.45) is 5.68. The second-order valence-corrected chi connectivity index (χ2v) is 26.1. The third kappa shape index (κ3) is 5.44. The lowest BCUT2D eigenvalue weighted by molar-refractivity contribution is -0.283. The standard InChI is InChI=1S/2C28H38O8/c2*1-14-12-20(35-22(31)15(14)2)25(5,32)27(34)11-10-26(33)17-13-21-28(36-21)19(30)7-6-18(29)24(28,4)16(17)8-9-23(26,27)3/h2*6-7,16-17,19-21,30,32-34H,8-13H2,1-5H3/t16?,17?,19-,20?,21+,23-,24-,25-,26+,27-,28+;16?,17?,19-,20?,21-,23+,24+,25+,26-,27+,28-/m01/s1. The lowest BCUT2D eigenvalue weighted by atomic mass is 9.42. The van der Waals surface area contributed by atoms with Gasteiger partial charge in [-0.2, -0.15) is 0 Å². The summed E-state index contributed by atoms with van der Waals surface area (Å²) in [6, 6.07) is 0. The van der Waals surface area contributed by atoms with Crippen molar-refractivity contribution in [3.8, 4) is 0 Å². The van der Waals surface area contributed by atoms with Gasteiger partial charge in [0.05, 0.1) is 34.2 Å². The molecule has 0 aromatic rings. The molecule has 2 saturated heterocycles. The van der Waals surface area contributed by atoms with Crippen LogP contribution in [0.1, 0.15) is 146 Å². The summed E-state index contributed by atoms with van der Waals surface area (Å²) >= 11 is 0. The van der Waals surface area contributed by atoms with Crippen LogP contribution in [-0.2, 0) is 38.1 Å². The number of fused-ring (bicyclic) bond motifs is 8. The van der Waals surface area contributed by atoms with Crippen molar-refractivity contribution in [3.63, 3.8) is 0 Å². The molecule has 396 valence electrons. The Morgan fingerprint density at radius 1 is 0.542 bits per heavy atom. The molecule has 6 unspecified atom stereocenters. The third-order valence-corrected chi connectivity index (χ3v) is 24.2. The maximum absolute atomic E-state index is 13.3. The number of esters is 2.